The van der Waals surface area contributed by atoms with E-state index in [0.717, 1.165) is 11.3 Å². The minimum absolute atomic E-state index is 0.289. The van der Waals surface area contributed by atoms with E-state index in [1.807, 2.05) is 36.4 Å². The quantitative estimate of drug-likeness (QED) is 0.398. The molecule has 2 aromatic carbocycles. The number of hydrazine groups is 1. The van der Waals surface area contributed by atoms with E-state index in [2.05, 4.69) is 26.4 Å². The van der Waals surface area contributed by atoms with Crippen LogP contribution in [0.2, 0.25) is 0 Å². The molecule has 28 heavy (non-hydrogen) atoms. The highest BCUT2D eigenvalue weighted by Gasteiger charge is 2.10. The van der Waals surface area contributed by atoms with Crippen molar-refractivity contribution in [2.45, 2.75) is 0 Å². The van der Waals surface area contributed by atoms with Gasteiger partial charge < -0.3 is 9.47 Å². The van der Waals surface area contributed by atoms with Gasteiger partial charge in [-0.05, 0) is 35.9 Å². The Kier molecular flexibility index (Phi) is 6.42. The molecule has 1 aromatic heterocycles. The first-order valence-corrected chi connectivity index (χ1v) is 9.15. The number of methoxy groups -OCH3 is 2. The van der Waals surface area contributed by atoms with Gasteiger partial charge >= 0.3 is 0 Å². The van der Waals surface area contributed by atoms with E-state index < -0.39 is 0 Å². The number of benzene rings is 2. The molecule has 3 aromatic rings. The van der Waals surface area contributed by atoms with Gasteiger partial charge in [0.1, 0.15) is 5.69 Å². The predicted molar refractivity (Wildman–Crippen MR) is 110 cm³/mol. The first-order chi connectivity index (χ1) is 13.7. The van der Waals surface area contributed by atoms with Crippen molar-refractivity contribution in [1.29, 1.82) is 0 Å². The third-order valence-corrected chi connectivity index (χ3v) is 4.36. The Morgan fingerprint density at radius 1 is 1.11 bits per heavy atom. The number of amides is 1. The van der Waals surface area contributed by atoms with Gasteiger partial charge in [0.2, 0.25) is 5.13 Å². The average Bonchev–Trinajstić information content (AvgIpc) is 3.21. The predicted octanol–water partition coefficient (Wildman–Crippen LogP) is 3.36. The number of carbonyl (C=O) groups excluding carboxylic acids is 1. The van der Waals surface area contributed by atoms with Crippen molar-refractivity contribution in [2.75, 3.05) is 25.1 Å². The molecular formula is C19H19N5O3S. The number of hydrogen-bond acceptors (Lipinski definition) is 8. The van der Waals surface area contributed by atoms with Gasteiger partial charge in [0.25, 0.3) is 5.91 Å². The molecule has 0 atom stereocenters. The molecule has 0 saturated carbocycles. The molecule has 0 saturated heterocycles. The van der Waals surface area contributed by atoms with Crippen molar-refractivity contribution >= 4 is 34.3 Å². The van der Waals surface area contributed by atoms with Crippen LogP contribution >= 0.6 is 11.3 Å². The summed E-state index contributed by atoms with van der Waals surface area (Å²) in [5.74, 6) is 0.926. The minimum atomic E-state index is -0.336. The summed E-state index contributed by atoms with van der Waals surface area (Å²) in [6.07, 6.45) is 1.63. The first-order valence-electron chi connectivity index (χ1n) is 8.27. The average molecular weight is 397 g/mol. The highest BCUT2D eigenvalue weighted by molar-refractivity contribution is 7.13. The number of para-hydroxylation sites is 1. The van der Waals surface area contributed by atoms with Crippen LogP contribution in [0.15, 0.2) is 59.0 Å². The number of ether oxygens (including phenoxy) is 2. The number of aromatic nitrogens is 1. The van der Waals surface area contributed by atoms with Gasteiger partial charge in [-0.25, -0.2) is 4.98 Å². The van der Waals surface area contributed by atoms with Crippen molar-refractivity contribution in [3.05, 3.63) is 65.2 Å². The summed E-state index contributed by atoms with van der Waals surface area (Å²) < 4.78 is 10.5. The van der Waals surface area contributed by atoms with Gasteiger partial charge in [0.15, 0.2) is 11.5 Å². The van der Waals surface area contributed by atoms with Crippen molar-refractivity contribution in [3.8, 4) is 11.5 Å². The summed E-state index contributed by atoms with van der Waals surface area (Å²) in [6, 6.07) is 14.8. The third-order valence-electron chi connectivity index (χ3n) is 3.61. The van der Waals surface area contributed by atoms with Gasteiger partial charge in [-0.15, -0.1) is 11.3 Å². The number of nitrogens with zero attached hydrogens (tertiary/aromatic N) is 2. The van der Waals surface area contributed by atoms with Crippen molar-refractivity contribution < 1.29 is 14.3 Å². The van der Waals surface area contributed by atoms with Crippen LogP contribution in [0.1, 0.15) is 16.1 Å². The zero-order valence-electron chi connectivity index (χ0n) is 15.3. The van der Waals surface area contributed by atoms with Crippen LogP contribution in [0.4, 0.5) is 10.8 Å². The van der Waals surface area contributed by atoms with E-state index in [1.54, 1.807) is 37.9 Å². The zero-order valence-corrected chi connectivity index (χ0v) is 16.1. The maximum absolute atomic E-state index is 12.1. The fourth-order valence-electron chi connectivity index (χ4n) is 2.24. The van der Waals surface area contributed by atoms with Crippen LogP contribution in [0, 0.1) is 0 Å². The first kappa shape index (κ1) is 19.2. The number of nitrogens with one attached hydrogen (secondary N) is 3. The lowest BCUT2D eigenvalue weighted by atomic mass is 10.2. The van der Waals surface area contributed by atoms with Crippen LogP contribution in [-0.4, -0.2) is 31.3 Å². The van der Waals surface area contributed by atoms with E-state index in [-0.39, 0.29) is 11.6 Å². The number of anilines is 2. The molecule has 0 unspecified atom stereocenters. The monoisotopic (exact) mass is 397 g/mol. The standard InChI is InChI=1S/C19H19N5O3S/c1-26-16-9-8-13(10-17(16)27-2)11-20-24-19-21-15(12-28-19)18(25)23-22-14-6-4-3-5-7-14/h3-12,22H,1-2H3,(H,21,24)(H,23,25). The minimum Gasteiger partial charge on any atom is -0.493 e. The number of rotatable bonds is 8. The molecule has 144 valence electrons. The summed E-state index contributed by atoms with van der Waals surface area (Å²) in [6.45, 7) is 0. The number of carbonyl (C=O) groups is 1. The lowest BCUT2D eigenvalue weighted by molar-refractivity contribution is 0.0958. The van der Waals surface area contributed by atoms with Gasteiger partial charge in [0, 0.05) is 5.38 Å². The maximum Gasteiger partial charge on any atom is 0.289 e. The number of hydrogen-bond donors (Lipinski definition) is 3. The Labute approximate surface area is 166 Å². The van der Waals surface area contributed by atoms with Gasteiger partial charge in [-0.3, -0.25) is 21.1 Å². The van der Waals surface area contributed by atoms with E-state index >= 15 is 0 Å². The Balaban J connectivity index is 1.55. The van der Waals surface area contributed by atoms with Crippen molar-refractivity contribution in [3.63, 3.8) is 0 Å². The summed E-state index contributed by atoms with van der Waals surface area (Å²) in [7, 11) is 3.16. The molecule has 0 aliphatic carbocycles. The molecule has 0 fully saturated rings. The Hall–Kier alpha value is -3.59. The van der Waals surface area contributed by atoms with Crippen molar-refractivity contribution in [1.82, 2.24) is 10.4 Å². The summed E-state index contributed by atoms with van der Waals surface area (Å²) >= 11 is 1.28. The summed E-state index contributed by atoms with van der Waals surface area (Å²) in [5, 5.41) is 6.29. The third kappa shape index (κ3) is 4.98. The molecule has 3 rings (SSSR count). The molecule has 0 aliphatic rings. The highest BCUT2D eigenvalue weighted by Crippen LogP contribution is 2.26. The van der Waals surface area contributed by atoms with Crippen LogP contribution in [-0.2, 0) is 0 Å². The summed E-state index contributed by atoms with van der Waals surface area (Å²) in [5.41, 5.74) is 10.1. The Bertz CT molecular complexity index is 959. The van der Waals surface area contributed by atoms with Crippen molar-refractivity contribution in [2.24, 2.45) is 5.10 Å². The lowest BCUT2D eigenvalue weighted by Gasteiger charge is -2.07. The normalized spacial score (nSPS) is 10.5. The van der Waals surface area contributed by atoms with Gasteiger partial charge in [0.05, 0.1) is 26.1 Å². The van der Waals surface area contributed by atoms with E-state index in [0.29, 0.717) is 16.6 Å². The second-order valence-electron chi connectivity index (χ2n) is 5.47. The smallest absolute Gasteiger partial charge is 0.289 e. The second kappa shape index (κ2) is 9.38. The van der Waals surface area contributed by atoms with E-state index in [9.17, 15) is 4.79 Å². The molecule has 0 radical (unpaired) electrons. The molecule has 3 N–H and O–H groups in total. The van der Waals surface area contributed by atoms with Crippen LogP contribution in [0.5, 0.6) is 11.5 Å². The molecule has 0 bridgehead atoms. The highest BCUT2D eigenvalue weighted by atomic mass is 32.1. The van der Waals surface area contributed by atoms with E-state index in [1.165, 1.54) is 11.3 Å². The second-order valence-corrected chi connectivity index (χ2v) is 6.33. The van der Waals surface area contributed by atoms with Gasteiger partial charge in [-0.1, -0.05) is 18.2 Å². The topological polar surface area (TPSA) is 96.9 Å². The molecule has 8 nitrogen and oxygen atoms in total. The van der Waals surface area contributed by atoms with E-state index in [4.69, 9.17) is 9.47 Å². The molecule has 0 spiro atoms. The number of hydrazone groups is 1. The Morgan fingerprint density at radius 3 is 2.64 bits per heavy atom. The molecule has 1 amide bonds. The van der Waals surface area contributed by atoms with Crippen LogP contribution < -0.4 is 25.8 Å². The van der Waals surface area contributed by atoms with Crippen LogP contribution in [0.3, 0.4) is 0 Å². The maximum atomic E-state index is 12.1. The fourth-order valence-corrected chi connectivity index (χ4v) is 2.88. The zero-order chi connectivity index (χ0) is 19.8. The lowest BCUT2D eigenvalue weighted by Crippen LogP contribution is -2.29. The Morgan fingerprint density at radius 2 is 1.89 bits per heavy atom. The molecule has 1 heterocycles. The molecule has 9 heteroatoms. The fraction of sp³-hybridized carbons (Fsp3) is 0.105. The SMILES string of the molecule is COc1ccc(C=NNc2nc(C(=O)NNc3ccccc3)cs2)cc1OC. The molecular weight excluding hydrogens is 378 g/mol. The largest absolute Gasteiger partial charge is 0.493 e. The van der Waals surface area contributed by atoms with Crippen LogP contribution in [0.25, 0.3) is 0 Å². The van der Waals surface area contributed by atoms with Gasteiger partial charge in [-0.2, -0.15) is 5.10 Å². The number of thiazole rings is 1. The summed E-state index contributed by atoms with van der Waals surface area (Å²) in [4.78, 5) is 16.3. The molecule has 0 aliphatic heterocycles.